The molecule has 0 saturated carbocycles. The summed E-state index contributed by atoms with van der Waals surface area (Å²) in [6.07, 6.45) is 2.86. The molecule has 0 aliphatic rings. The molecule has 0 N–H and O–H groups in total. The smallest absolute Gasteiger partial charge is 0.262 e. The van der Waals surface area contributed by atoms with Gasteiger partial charge in [0.15, 0.2) is 0 Å². The summed E-state index contributed by atoms with van der Waals surface area (Å²) in [5.74, 6) is 0. The van der Waals surface area contributed by atoms with Crippen molar-refractivity contribution in [3.05, 3.63) is 29.7 Å². The van der Waals surface area contributed by atoms with Crippen LogP contribution in [0.3, 0.4) is 0 Å². The van der Waals surface area contributed by atoms with Gasteiger partial charge in [-0.2, -0.15) is 0 Å². The van der Waals surface area contributed by atoms with E-state index in [0.29, 0.717) is 10.8 Å². The van der Waals surface area contributed by atoms with Crippen molar-refractivity contribution >= 4 is 37.0 Å². The monoisotopic (exact) mass is 250 g/mol. The summed E-state index contributed by atoms with van der Waals surface area (Å²) in [5, 5.41) is 0.300. The van der Waals surface area contributed by atoms with E-state index >= 15 is 0 Å². The number of aromatic nitrogens is 2. The Kier molecular flexibility index (Phi) is 2.17. The molecular formula is C7H4Cl2N2O2S. The Balaban J connectivity index is 2.74. The third-order valence-corrected chi connectivity index (χ3v) is 3.20. The highest BCUT2D eigenvalue weighted by Gasteiger charge is 2.10. The molecule has 0 amide bonds. The SMILES string of the molecule is O=S(=O)(Cl)c1ccc2nc(Cl)cn2c1. The Hall–Kier alpha value is -0.780. The van der Waals surface area contributed by atoms with Crippen LogP contribution in [0.5, 0.6) is 0 Å². The fraction of sp³-hybridized carbons (Fsp3) is 0. The standard InChI is InChI=1S/C7H4Cl2N2O2S/c8-6-4-11-3-5(14(9,12)13)1-2-7(11)10-6/h1-4H. The first-order valence-corrected chi connectivity index (χ1v) is 6.24. The van der Waals surface area contributed by atoms with Crippen LogP contribution >= 0.6 is 22.3 Å². The van der Waals surface area contributed by atoms with E-state index < -0.39 is 9.05 Å². The molecule has 0 atom stereocenters. The summed E-state index contributed by atoms with van der Waals surface area (Å²) in [5.41, 5.74) is 0.569. The molecule has 0 fully saturated rings. The molecule has 0 radical (unpaired) electrons. The zero-order chi connectivity index (χ0) is 10.3. The molecule has 0 unspecified atom stereocenters. The van der Waals surface area contributed by atoms with Crippen LogP contribution in [0.15, 0.2) is 29.4 Å². The van der Waals surface area contributed by atoms with Gasteiger partial charge in [-0.25, -0.2) is 13.4 Å². The molecule has 74 valence electrons. The Bertz CT molecular complexity index is 591. The van der Waals surface area contributed by atoms with Gasteiger partial charge in [0.05, 0.1) is 4.90 Å². The van der Waals surface area contributed by atoms with Crippen molar-refractivity contribution in [1.29, 1.82) is 0 Å². The summed E-state index contributed by atoms with van der Waals surface area (Å²) >= 11 is 5.64. The predicted molar refractivity (Wildman–Crippen MR) is 53.2 cm³/mol. The van der Waals surface area contributed by atoms with Gasteiger partial charge in [0.1, 0.15) is 10.8 Å². The minimum absolute atomic E-state index is 0.0146. The fourth-order valence-corrected chi connectivity index (χ4v) is 2.02. The van der Waals surface area contributed by atoms with E-state index in [1.54, 1.807) is 0 Å². The minimum atomic E-state index is -3.70. The molecule has 0 aromatic carbocycles. The molecule has 14 heavy (non-hydrogen) atoms. The third kappa shape index (κ3) is 1.70. The third-order valence-electron chi connectivity index (χ3n) is 1.68. The van der Waals surface area contributed by atoms with Gasteiger partial charge in [0, 0.05) is 23.1 Å². The van der Waals surface area contributed by atoms with E-state index in [1.807, 2.05) is 0 Å². The van der Waals surface area contributed by atoms with Gasteiger partial charge in [0.2, 0.25) is 0 Å². The lowest BCUT2D eigenvalue weighted by atomic mass is 10.5. The lowest BCUT2D eigenvalue weighted by Gasteiger charge is -1.96. The van der Waals surface area contributed by atoms with E-state index in [2.05, 4.69) is 4.98 Å². The van der Waals surface area contributed by atoms with E-state index in [-0.39, 0.29) is 4.90 Å². The first kappa shape index (κ1) is 9.76. The van der Waals surface area contributed by atoms with Crippen molar-refractivity contribution in [3.63, 3.8) is 0 Å². The second-order valence-electron chi connectivity index (χ2n) is 2.63. The van der Waals surface area contributed by atoms with Gasteiger partial charge in [-0.05, 0) is 12.1 Å². The average molecular weight is 251 g/mol. The Morgan fingerprint density at radius 1 is 1.29 bits per heavy atom. The first-order valence-electron chi connectivity index (χ1n) is 3.56. The second kappa shape index (κ2) is 3.12. The zero-order valence-corrected chi connectivity index (χ0v) is 9.01. The molecule has 2 aromatic heterocycles. The highest BCUT2D eigenvalue weighted by molar-refractivity contribution is 8.13. The number of halogens is 2. The van der Waals surface area contributed by atoms with Crippen molar-refractivity contribution in [3.8, 4) is 0 Å². The summed E-state index contributed by atoms with van der Waals surface area (Å²) in [6.45, 7) is 0. The minimum Gasteiger partial charge on any atom is -0.304 e. The molecule has 0 spiro atoms. The maximum absolute atomic E-state index is 11.0. The van der Waals surface area contributed by atoms with E-state index in [4.69, 9.17) is 22.3 Å². The summed E-state index contributed by atoms with van der Waals surface area (Å²) < 4.78 is 23.5. The number of hydrogen-bond donors (Lipinski definition) is 0. The highest BCUT2D eigenvalue weighted by atomic mass is 35.7. The fourth-order valence-electron chi connectivity index (χ4n) is 1.08. The Morgan fingerprint density at radius 3 is 2.64 bits per heavy atom. The van der Waals surface area contributed by atoms with Crippen LogP contribution in [0.4, 0.5) is 0 Å². The van der Waals surface area contributed by atoms with Crippen LogP contribution in [0, 0.1) is 0 Å². The molecule has 2 aromatic rings. The van der Waals surface area contributed by atoms with Gasteiger partial charge in [-0.15, -0.1) is 0 Å². The summed E-state index contributed by atoms with van der Waals surface area (Å²) in [4.78, 5) is 3.94. The Morgan fingerprint density at radius 2 is 2.00 bits per heavy atom. The predicted octanol–water partition coefficient (Wildman–Crippen LogP) is 1.92. The van der Waals surface area contributed by atoms with Crippen molar-refractivity contribution < 1.29 is 8.42 Å². The topological polar surface area (TPSA) is 51.4 Å². The van der Waals surface area contributed by atoms with Gasteiger partial charge in [-0.3, -0.25) is 0 Å². The number of hydrogen-bond acceptors (Lipinski definition) is 3. The van der Waals surface area contributed by atoms with Crippen LogP contribution in [0.2, 0.25) is 5.15 Å². The second-order valence-corrected chi connectivity index (χ2v) is 5.58. The van der Waals surface area contributed by atoms with Crippen LogP contribution in [-0.2, 0) is 9.05 Å². The molecule has 7 heteroatoms. The maximum Gasteiger partial charge on any atom is 0.262 e. The molecule has 4 nitrogen and oxygen atoms in total. The quantitative estimate of drug-likeness (QED) is 0.727. The first-order chi connectivity index (χ1) is 6.47. The number of fused-ring (bicyclic) bond motifs is 1. The van der Waals surface area contributed by atoms with E-state index in [0.717, 1.165) is 0 Å². The van der Waals surface area contributed by atoms with Crippen molar-refractivity contribution in [2.45, 2.75) is 4.90 Å². The maximum atomic E-state index is 11.0. The molecule has 0 aliphatic heterocycles. The van der Waals surface area contributed by atoms with E-state index in [9.17, 15) is 8.42 Å². The van der Waals surface area contributed by atoms with Crippen LogP contribution < -0.4 is 0 Å². The van der Waals surface area contributed by atoms with Crippen molar-refractivity contribution in [1.82, 2.24) is 9.38 Å². The average Bonchev–Trinajstić information content (AvgIpc) is 2.41. The molecular weight excluding hydrogens is 247 g/mol. The number of nitrogens with zero attached hydrogens (tertiary/aromatic N) is 2. The highest BCUT2D eigenvalue weighted by Crippen LogP contribution is 2.17. The molecule has 0 saturated heterocycles. The summed E-state index contributed by atoms with van der Waals surface area (Å²) in [7, 11) is 1.47. The number of imidazole rings is 1. The van der Waals surface area contributed by atoms with Crippen LogP contribution in [0.1, 0.15) is 0 Å². The van der Waals surface area contributed by atoms with Crippen LogP contribution in [0.25, 0.3) is 5.65 Å². The number of rotatable bonds is 1. The van der Waals surface area contributed by atoms with Crippen molar-refractivity contribution in [2.24, 2.45) is 0 Å². The molecule has 0 bridgehead atoms. The normalized spacial score (nSPS) is 12.1. The summed E-state index contributed by atoms with van der Waals surface area (Å²) in [6, 6.07) is 2.90. The van der Waals surface area contributed by atoms with Gasteiger partial charge >= 0.3 is 0 Å². The van der Waals surface area contributed by atoms with Gasteiger partial charge < -0.3 is 4.40 Å². The lowest BCUT2D eigenvalue weighted by molar-refractivity contribution is 0.609. The van der Waals surface area contributed by atoms with Crippen molar-refractivity contribution in [2.75, 3.05) is 0 Å². The lowest BCUT2D eigenvalue weighted by Crippen LogP contribution is -1.93. The molecule has 2 heterocycles. The molecule has 0 aliphatic carbocycles. The zero-order valence-electron chi connectivity index (χ0n) is 6.68. The van der Waals surface area contributed by atoms with Gasteiger partial charge in [0.25, 0.3) is 9.05 Å². The van der Waals surface area contributed by atoms with E-state index in [1.165, 1.54) is 28.9 Å². The molecule has 2 rings (SSSR count). The largest absolute Gasteiger partial charge is 0.304 e. The Labute approximate surface area is 89.5 Å². The number of pyridine rings is 1. The van der Waals surface area contributed by atoms with Crippen LogP contribution in [-0.4, -0.2) is 17.8 Å². The van der Waals surface area contributed by atoms with Gasteiger partial charge in [-0.1, -0.05) is 11.6 Å².